The van der Waals surface area contributed by atoms with E-state index in [1.807, 2.05) is 38.1 Å². The highest BCUT2D eigenvalue weighted by Gasteiger charge is 2.19. The van der Waals surface area contributed by atoms with Crippen LogP contribution in [-0.4, -0.2) is 12.0 Å². The van der Waals surface area contributed by atoms with Crippen LogP contribution >= 0.6 is 11.6 Å². The molecule has 0 saturated carbocycles. The number of rotatable bonds is 5. The van der Waals surface area contributed by atoms with Crippen LogP contribution < -0.4 is 10.1 Å². The third kappa shape index (κ3) is 4.23. The minimum absolute atomic E-state index is 0.178. The smallest absolute Gasteiger partial charge is 0.265 e. The summed E-state index contributed by atoms with van der Waals surface area (Å²) >= 11 is 5.91. The van der Waals surface area contributed by atoms with Crippen molar-refractivity contribution in [3.63, 3.8) is 0 Å². The first kappa shape index (κ1) is 15.4. The Morgan fingerprint density at radius 1 is 1.24 bits per heavy atom. The highest BCUT2D eigenvalue weighted by atomic mass is 35.5. The van der Waals surface area contributed by atoms with Crippen LogP contribution in [0.4, 0.5) is 5.69 Å². The third-order valence-corrected chi connectivity index (χ3v) is 3.35. The Kier molecular flexibility index (Phi) is 5.23. The SMILES string of the molecule is CCC(Oc1ccccc1C)C(=O)Nc1cccc(Cl)c1. The topological polar surface area (TPSA) is 38.3 Å². The number of nitrogens with one attached hydrogen (secondary N) is 1. The fourth-order valence-electron chi connectivity index (χ4n) is 1.95. The van der Waals surface area contributed by atoms with E-state index in [1.54, 1.807) is 24.3 Å². The lowest BCUT2D eigenvalue weighted by Crippen LogP contribution is -2.32. The van der Waals surface area contributed by atoms with Gasteiger partial charge in [0.05, 0.1) is 0 Å². The summed E-state index contributed by atoms with van der Waals surface area (Å²) in [6, 6.07) is 14.7. The van der Waals surface area contributed by atoms with Crippen LogP contribution in [0.15, 0.2) is 48.5 Å². The minimum Gasteiger partial charge on any atom is -0.480 e. The second kappa shape index (κ2) is 7.14. The van der Waals surface area contributed by atoms with Gasteiger partial charge in [0, 0.05) is 10.7 Å². The molecule has 2 aromatic rings. The molecule has 21 heavy (non-hydrogen) atoms. The number of halogens is 1. The van der Waals surface area contributed by atoms with Gasteiger partial charge in [0.1, 0.15) is 5.75 Å². The van der Waals surface area contributed by atoms with E-state index in [4.69, 9.17) is 16.3 Å². The van der Waals surface area contributed by atoms with Gasteiger partial charge in [-0.2, -0.15) is 0 Å². The molecule has 0 aromatic heterocycles. The van der Waals surface area contributed by atoms with Crippen molar-refractivity contribution in [3.05, 3.63) is 59.1 Å². The largest absolute Gasteiger partial charge is 0.480 e. The lowest BCUT2D eigenvalue weighted by molar-refractivity contribution is -0.122. The van der Waals surface area contributed by atoms with Crippen molar-refractivity contribution < 1.29 is 9.53 Å². The molecule has 0 aliphatic heterocycles. The number of hydrogen-bond donors (Lipinski definition) is 1. The number of benzene rings is 2. The van der Waals surface area contributed by atoms with Crippen molar-refractivity contribution in [3.8, 4) is 5.75 Å². The Morgan fingerprint density at radius 3 is 2.67 bits per heavy atom. The highest BCUT2D eigenvalue weighted by molar-refractivity contribution is 6.30. The second-order valence-corrected chi connectivity index (χ2v) is 5.22. The van der Waals surface area contributed by atoms with Crippen molar-refractivity contribution >= 4 is 23.2 Å². The molecule has 0 fully saturated rings. The minimum atomic E-state index is -0.537. The predicted molar refractivity (Wildman–Crippen MR) is 86.0 cm³/mol. The Bertz CT molecular complexity index is 628. The summed E-state index contributed by atoms with van der Waals surface area (Å²) in [4.78, 5) is 12.3. The maximum absolute atomic E-state index is 12.3. The molecule has 0 radical (unpaired) electrons. The van der Waals surface area contributed by atoms with Gasteiger partial charge in [-0.1, -0.05) is 42.8 Å². The van der Waals surface area contributed by atoms with E-state index in [2.05, 4.69) is 5.32 Å². The van der Waals surface area contributed by atoms with Gasteiger partial charge in [0.25, 0.3) is 5.91 Å². The molecule has 0 bridgehead atoms. The van der Waals surface area contributed by atoms with Crippen LogP contribution in [0.5, 0.6) is 5.75 Å². The molecule has 2 aromatic carbocycles. The molecule has 1 amide bonds. The molecule has 110 valence electrons. The number of hydrogen-bond acceptors (Lipinski definition) is 2. The summed E-state index contributed by atoms with van der Waals surface area (Å²) in [6.07, 6.45) is 0.0471. The predicted octanol–water partition coefficient (Wildman–Crippen LogP) is 4.44. The molecule has 2 rings (SSSR count). The number of carbonyl (C=O) groups is 1. The van der Waals surface area contributed by atoms with Gasteiger partial charge in [0.2, 0.25) is 0 Å². The fraction of sp³-hybridized carbons (Fsp3) is 0.235. The van der Waals surface area contributed by atoms with Crippen LogP contribution in [-0.2, 0) is 4.79 Å². The maximum Gasteiger partial charge on any atom is 0.265 e. The van der Waals surface area contributed by atoms with E-state index in [0.717, 1.165) is 11.3 Å². The number of amides is 1. The number of para-hydroxylation sites is 1. The standard InChI is InChI=1S/C17H18ClNO2/c1-3-15(21-16-10-5-4-7-12(16)2)17(20)19-14-9-6-8-13(18)11-14/h4-11,15H,3H2,1-2H3,(H,19,20). The Morgan fingerprint density at radius 2 is 2.00 bits per heavy atom. The molecular formula is C17H18ClNO2. The molecular weight excluding hydrogens is 286 g/mol. The number of aryl methyl sites for hydroxylation is 1. The summed E-state index contributed by atoms with van der Waals surface area (Å²) in [7, 11) is 0. The zero-order valence-corrected chi connectivity index (χ0v) is 12.9. The van der Waals surface area contributed by atoms with Gasteiger partial charge in [-0.25, -0.2) is 0 Å². The molecule has 0 heterocycles. The molecule has 0 aliphatic carbocycles. The molecule has 4 heteroatoms. The summed E-state index contributed by atoms with van der Waals surface area (Å²) in [5.74, 6) is 0.550. The first-order valence-corrected chi connectivity index (χ1v) is 7.26. The van der Waals surface area contributed by atoms with E-state index in [0.29, 0.717) is 17.1 Å². The molecule has 3 nitrogen and oxygen atoms in total. The van der Waals surface area contributed by atoms with Crippen molar-refractivity contribution in [1.29, 1.82) is 0 Å². The van der Waals surface area contributed by atoms with Gasteiger partial charge in [0.15, 0.2) is 6.10 Å². The quantitative estimate of drug-likeness (QED) is 0.886. The van der Waals surface area contributed by atoms with Gasteiger partial charge in [-0.05, 0) is 43.2 Å². The first-order chi connectivity index (χ1) is 10.1. The van der Waals surface area contributed by atoms with E-state index in [9.17, 15) is 4.79 Å². The summed E-state index contributed by atoms with van der Waals surface area (Å²) < 4.78 is 5.81. The van der Waals surface area contributed by atoms with E-state index >= 15 is 0 Å². The lowest BCUT2D eigenvalue weighted by Gasteiger charge is -2.18. The zero-order chi connectivity index (χ0) is 15.2. The van der Waals surface area contributed by atoms with Crippen molar-refractivity contribution in [2.75, 3.05) is 5.32 Å². The van der Waals surface area contributed by atoms with Gasteiger partial charge >= 0.3 is 0 Å². The summed E-state index contributed by atoms with van der Waals surface area (Å²) in [5, 5.41) is 3.41. The maximum atomic E-state index is 12.3. The molecule has 1 N–H and O–H groups in total. The Balaban J connectivity index is 2.07. The van der Waals surface area contributed by atoms with E-state index in [-0.39, 0.29) is 5.91 Å². The van der Waals surface area contributed by atoms with Crippen LogP contribution in [0.25, 0.3) is 0 Å². The molecule has 1 unspecified atom stereocenters. The average Bonchev–Trinajstić information content (AvgIpc) is 2.46. The Labute approximate surface area is 129 Å². The van der Waals surface area contributed by atoms with E-state index < -0.39 is 6.10 Å². The van der Waals surface area contributed by atoms with Crippen LogP contribution in [0.3, 0.4) is 0 Å². The number of ether oxygens (including phenoxy) is 1. The molecule has 0 aliphatic rings. The van der Waals surface area contributed by atoms with Crippen LogP contribution in [0.2, 0.25) is 5.02 Å². The van der Waals surface area contributed by atoms with Crippen LogP contribution in [0.1, 0.15) is 18.9 Å². The second-order valence-electron chi connectivity index (χ2n) is 4.78. The van der Waals surface area contributed by atoms with Gasteiger partial charge in [-0.3, -0.25) is 4.79 Å². The van der Waals surface area contributed by atoms with Crippen molar-refractivity contribution in [1.82, 2.24) is 0 Å². The third-order valence-electron chi connectivity index (χ3n) is 3.12. The normalized spacial score (nSPS) is 11.8. The summed E-state index contributed by atoms with van der Waals surface area (Å²) in [6.45, 7) is 3.87. The Hall–Kier alpha value is -2.00. The fourth-order valence-corrected chi connectivity index (χ4v) is 2.14. The monoisotopic (exact) mass is 303 g/mol. The van der Waals surface area contributed by atoms with Crippen molar-refractivity contribution in [2.45, 2.75) is 26.4 Å². The van der Waals surface area contributed by atoms with Crippen molar-refractivity contribution in [2.24, 2.45) is 0 Å². The number of anilines is 1. The highest BCUT2D eigenvalue weighted by Crippen LogP contribution is 2.20. The summed E-state index contributed by atoms with van der Waals surface area (Å²) in [5.41, 5.74) is 1.67. The zero-order valence-electron chi connectivity index (χ0n) is 12.1. The number of carbonyl (C=O) groups excluding carboxylic acids is 1. The van der Waals surface area contributed by atoms with Crippen LogP contribution in [0, 0.1) is 6.92 Å². The van der Waals surface area contributed by atoms with Gasteiger partial charge in [-0.15, -0.1) is 0 Å². The first-order valence-electron chi connectivity index (χ1n) is 6.89. The average molecular weight is 304 g/mol. The van der Waals surface area contributed by atoms with Gasteiger partial charge < -0.3 is 10.1 Å². The molecule has 0 spiro atoms. The molecule has 1 atom stereocenters. The lowest BCUT2D eigenvalue weighted by atomic mass is 10.2. The van der Waals surface area contributed by atoms with E-state index in [1.165, 1.54) is 0 Å². The molecule has 0 saturated heterocycles.